The molecule has 4 fully saturated rings. The average Bonchev–Trinajstić information content (AvgIpc) is 4.14. The third kappa shape index (κ3) is 11.0. The fourth-order valence-electron chi connectivity index (χ4n) is 11.6. The number of hydrogen-bond acceptors (Lipinski definition) is 12. The second kappa shape index (κ2) is 21.6. The summed E-state index contributed by atoms with van der Waals surface area (Å²) in [4.78, 5) is 60.0. The summed E-state index contributed by atoms with van der Waals surface area (Å²) in [6.07, 6.45) is 4.71. The Morgan fingerprint density at radius 3 is 2.33 bits per heavy atom. The number of amides is 4. The molecule has 0 bridgehead atoms. The Morgan fingerprint density at radius 2 is 1.67 bits per heavy atom. The van der Waals surface area contributed by atoms with E-state index in [-0.39, 0.29) is 78.5 Å². The summed E-state index contributed by atoms with van der Waals surface area (Å²) in [6.45, 7) is 19.0. The third-order valence-electron chi connectivity index (χ3n) is 15.7. The molecule has 0 radical (unpaired) electrons. The smallest absolute Gasteiger partial charge is 0.328 e. The van der Waals surface area contributed by atoms with Crippen LogP contribution in [0.1, 0.15) is 96.5 Å². The summed E-state index contributed by atoms with van der Waals surface area (Å²) >= 11 is 6.47. The molecular weight excluding hydrogens is 998 g/mol. The van der Waals surface area contributed by atoms with Gasteiger partial charge in [0, 0.05) is 94.0 Å². The molecular formula is C56H67ClF2N8O7Si. The number of nitrogens with one attached hydrogen (secondary N) is 1. The first-order chi connectivity index (χ1) is 35.7. The number of methoxy groups -OCH3 is 1. The summed E-state index contributed by atoms with van der Waals surface area (Å²) in [5.74, 6) is 2.26. The van der Waals surface area contributed by atoms with Gasteiger partial charge in [0.1, 0.15) is 36.7 Å². The maximum atomic E-state index is 17.9. The number of imide groups is 1. The van der Waals surface area contributed by atoms with E-state index >= 15 is 8.78 Å². The Labute approximate surface area is 443 Å². The number of pyridine rings is 1. The van der Waals surface area contributed by atoms with Crippen LogP contribution < -0.4 is 24.6 Å². The van der Waals surface area contributed by atoms with Gasteiger partial charge in [-0.1, -0.05) is 65.1 Å². The van der Waals surface area contributed by atoms with Crippen LogP contribution in [-0.4, -0.2) is 134 Å². The highest BCUT2D eigenvalue weighted by Crippen LogP contribution is 2.47. The molecule has 19 heteroatoms. The predicted octanol–water partition coefficient (Wildman–Crippen LogP) is 9.74. The first-order valence-electron chi connectivity index (χ1n) is 26.0. The lowest BCUT2D eigenvalue weighted by Crippen LogP contribution is -2.50. The van der Waals surface area contributed by atoms with Crippen molar-refractivity contribution in [1.82, 2.24) is 30.1 Å². The van der Waals surface area contributed by atoms with Crippen LogP contribution in [0.2, 0.25) is 21.6 Å². The molecule has 2 aromatic heterocycles. The van der Waals surface area contributed by atoms with Gasteiger partial charge < -0.3 is 29.1 Å². The zero-order valence-electron chi connectivity index (χ0n) is 44.1. The maximum Gasteiger partial charge on any atom is 0.328 e. The summed E-state index contributed by atoms with van der Waals surface area (Å²) in [5.41, 5.74) is 4.38. The van der Waals surface area contributed by atoms with Crippen LogP contribution in [0, 0.1) is 28.5 Å². The van der Waals surface area contributed by atoms with Crippen molar-refractivity contribution in [2.75, 3.05) is 82.7 Å². The molecule has 0 unspecified atom stereocenters. The molecule has 3 aliphatic heterocycles. The highest BCUT2D eigenvalue weighted by Gasteiger charge is 2.46. The van der Waals surface area contributed by atoms with Crippen molar-refractivity contribution < 1.29 is 42.5 Å². The van der Waals surface area contributed by atoms with Crippen molar-refractivity contribution in [3.05, 3.63) is 76.4 Å². The van der Waals surface area contributed by atoms with E-state index < -0.39 is 31.3 Å². The molecule has 1 saturated carbocycles. The molecule has 398 valence electrons. The van der Waals surface area contributed by atoms with Crippen molar-refractivity contribution in [3.8, 4) is 34.5 Å². The maximum absolute atomic E-state index is 17.9. The number of piperidine rings is 1. The van der Waals surface area contributed by atoms with Crippen LogP contribution in [0.15, 0.2) is 48.7 Å². The standard InChI is InChI=1S/C56H67ClF2N8O7Si/c1-34(2)75(35(3)4,36(5)6)25-15-40-44(58)13-11-37-26-39(74-33-72-8)28-41(47(37)40)49-48(59)50-42(29-60-49)51(66-19-9-16-55(7,71)30-66)63-53(62-50)73-32-56(17-18-56)31-64-21-23-65(24-22-64)52(69)38-10-12-43(57)45(27-38)67-20-14-46(68)61-54(67)70/h10-13,26-29,34-36,71H,9,14,16-24,30-33H2,1-8H3,(H,61,68,70)/t55-/m1/s1. The monoisotopic (exact) mass is 1060 g/mol. The number of carbonyl (C=O) groups excluding carboxylic acids is 3. The van der Waals surface area contributed by atoms with Gasteiger partial charge in [0.15, 0.2) is 12.6 Å². The molecule has 4 amide bonds. The molecule has 5 heterocycles. The average molecular weight is 1070 g/mol. The van der Waals surface area contributed by atoms with E-state index in [1.807, 2.05) is 4.90 Å². The van der Waals surface area contributed by atoms with Gasteiger partial charge in [0.25, 0.3) is 5.91 Å². The molecule has 15 nitrogen and oxygen atoms in total. The number of rotatable bonds is 15. The van der Waals surface area contributed by atoms with Crippen LogP contribution in [0.4, 0.5) is 25.1 Å². The van der Waals surface area contributed by atoms with Gasteiger partial charge in [-0.2, -0.15) is 9.97 Å². The molecule has 1 aliphatic carbocycles. The first kappa shape index (κ1) is 53.8. The van der Waals surface area contributed by atoms with E-state index in [4.69, 9.17) is 40.8 Å². The molecule has 9 rings (SSSR count). The number of hydrogen-bond donors (Lipinski definition) is 2. The number of β-amino-alcohol motifs (C(OH)–C–C–N with tert-alkyl or cyclic N) is 1. The number of ether oxygens (including phenoxy) is 3. The molecule has 75 heavy (non-hydrogen) atoms. The number of nitrogens with zero attached hydrogens (tertiary/aromatic N) is 7. The molecule has 0 spiro atoms. The molecule has 5 aromatic rings. The lowest BCUT2D eigenvalue weighted by Gasteiger charge is -2.38. The van der Waals surface area contributed by atoms with E-state index in [0.29, 0.717) is 113 Å². The quantitative estimate of drug-likeness (QED) is 0.0581. The number of benzene rings is 3. The topological polar surface area (TPSA) is 163 Å². The molecule has 1 atom stereocenters. The van der Waals surface area contributed by atoms with Crippen molar-refractivity contribution in [3.63, 3.8) is 0 Å². The van der Waals surface area contributed by atoms with Gasteiger partial charge in [-0.05, 0) is 91.0 Å². The van der Waals surface area contributed by atoms with E-state index in [2.05, 4.69) is 63.2 Å². The van der Waals surface area contributed by atoms with Gasteiger partial charge in [-0.25, -0.2) is 13.6 Å². The number of piperazine rings is 1. The molecule has 3 aromatic carbocycles. The minimum Gasteiger partial charge on any atom is -0.468 e. The van der Waals surface area contributed by atoms with Crippen LogP contribution in [0.3, 0.4) is 0 Å². The zero-order valence-corrected chi connectivity index (χ0v) is 45.9. The van der Waals surface area contributed by atoms with Crippen LogP contribution >= 0.6 is 11.6 Å². The van der Waals surface area contributed by atoms with Crippen LogP contribution in [-0.2, 0) is 9.53 Å². The largest absolute Gasteiger partial charge is 0.468 e. The van der Waals surface area contributed by atoms with Crippen LogP contribution in [0.5, 0.6) is 11.8 Å². The molecule has 3 saturated heterocycles. The Balaban J connectivity index is 1.01. The Morgan fingerprint density at radius 1 is 0.933 bits per heavy atom. The number of urea groups is 1. The Kier molecular flexibility index (Phi) is 15.5. The van der Waals surface area contributed by atoms with Crippen molar-refractivity contribution in [1.29, 1.82) is 0 Å². The number of aromatic nitrogens is 3. The SMILES string of the molecule is COCOc1cc(-c2ncc3c(N4CCC[C@@](C)(O)C4)nc(OCC4(CN5CCN(C(=O)c6ccc(Cl)c(N7CCC(=O)NC7=O)c6)CC5)CC4)nc3c2F)c2c(C#C[Si](C(C)C)(C(C)C)C(C)C)c(F)ccc2c1. The third-order valence-corrected chi connectivity index (χ3v) is 22.4. The predicted molar refractivity (Wildman–Crippen MR) is 289 cm³/mol. The number of anilines is 2. The van der Waals surface area contributed by atoms with Gasteiger partial charge in [0.05, 0.1) is 33.9 Å². The van der Waals surface area contributed by atoms with Crippen LogP contribution in [0.25, 0.3) is 32.9 Å². The summed E-state index contributed by atoms with van der Waals surface area (Å²) in [7, 11) is -0.836. The number of halogens is 3. The normalized spacial score (nSPS) is 19.3. The van der Waals surface area contributed by atoms with Crippen molar-refractivity contribution in [2.45, 2.75) is 103 Å². The number of aliphatic hydroxyl groups is 1. The second-order valence-electron chi connectivity index (χ2n) is 22.0. The number of fused-ring (bicyclic) bond motifs is 2. The fraction of sp³-hybridized carbons (Fsp3) is 0.500. The minimum atomic E-state index is -2.34. The fourth-order valence-corrected chi connectivity index (χ4v) is 17.0. The van der Waals surface area contributed by atoms with Crippen molar-refractivity contribution >= 4 is 70.7 Å². The summed E-state index contributed by atoms with van der Waals surface area (Å²) < 4.78 is 52.0. The first-order valence-corrected chi connectivity index (χ1v) is 28.6. The lowest BCUT2D eigenvalue weighted by molar-refractivity contribution is -0.120. The van der Waals surface area contributed by atoms with Crippen molar-refractivity contribution in [2.24, 2.45) is 5.41 Å². The van der Waals surface area contributed by atoms with E-state index in [1.54, 1.807) is 54.4 Å². The minimum absolute atomic E-state index is 0.0200. The number of carbonyl (C=O) groups is 3. The Hall–Kier alpha value is -5.97. The van der Waals surface area contributed by atoms with E-state index in [0.717, 1.165) is 12.8 Å². The highest BCUT2D eigenvalue weighted by molar-refractivity contribution is 6.90. The molecule has 4 aliphatic rings. The second-order valence-corrected chi connectivity index (χ2v) is 28.0. The van der Waals surface area contributed by atoms with Gasteiger partial charge in [-0.3, -0.25) is 29.7 Å². The van der Waals surface area contributed by atoms with Gasteiger partial charge in [-0.15, -0.1) is 5.54 Å². The summed E-state index contributed by atoms with van der Waals surface area (Å²) in [5, 5.41) is 15.2. The Bertz CT molecular complexity index is 3080. The van der Waals surface area contributed by atoms with E-state index in [9.17, 15) is 19.5 Å². The lowest BCUT2D eigenvalue weighted by atomic mass is 9.94. The summed E-state index contributed by atoms with van der Waals surface area (Å²) in [6, 6.07) is 10.7. The van der Waals surface area contributed by atoms with E-state index in [1.165, 1.54) is 18.1 Å². The molecule has 2 N–H and O–H groups in total. The highest BCUT2D eigenvalue weighted by atomic mass is 35.5. The zero-order chi connectivity index (χ0) is 53.6. The van der Waals surface area contributed by atoms with Gasteiger partial charge in [0.2, 0.25) is 5.91 Å². The van der Waals surface area contributed by atoms with Gasteiger partial charge >= 0.3 is 12.0 Å².